The van der Waals surface area contributed by atoms with Crippen LogP contribution in [0.15, 0.2) is 89.9 Å². The summed E-state index contributed by atoms with van der Waals surface area (Å²) in [5.74, 6) is -2.80. The zero-order chi connectivity index (χ0) is 27.0. The molecule has 38 heavy (non-hydrogen) atoms. The fraction of sp³-hybridized carbons (Fsp3) is 0.167. The number of aliphatic hydroxyl groups excluding tert-OH is 1. The molecule has 1 atom stereocenters. The zero-order valence-corrected chi connectivity index (χ0v) is 20.8. The van der Waals surface area contributed by atoms with Gasteiger partial charge in [-0.1, -0.05) is 60.7 Å². The highest BCUT2D eigenvalue weighted by atomic mass is 16.5. The van der Waals surface area contributed by atoms with Gasteiger partial charge in [0, 0.05) is 18.7 Å². The number of ketones is 2. The third-order valence-corrected chi connectivity index (χ3v) is 6.75. The molecule has 1 heterocycles. The Bertz CT molecular complexity index is 1520. The van der Waals surface area contributed by atoms with Crippen molar-refractivity contribution < 1.29 is 34.1 Å². The molecule has 0 aromatic heterocycles. The Morgan fingerprint density at radius 1 is 1.00 bits per heavy atom. The Hall–Kier alpha value is -4.85. The lowest BCUT2D eigenvalue weighted by molar-refractivity contribution is -0.123. The first-order chi connectivity index (χ1) is 18.2. The van der Waals surface area contributed by atoms with Crippen LogP contribution in [0.1, 0.15) is 40.9 Å². The number of phenolic OH excluding ortho intramolecular Hbond substituents is 1. The predicted molar refractivity (Wildman–Crippen MR) is 138 cm³/mol. The van der Waals surface area contributed by atoms with Gasteiger partial charge in [0.25, 0.3) is 5.91 Å². The average molecular weight is 512 g/mol. The fourth-order valence-corrected chi connectivity index (χ4v) is 4.78. The molecule has 192 valence electrons. The number of nitrogens with one attached hydrogen (secondary N) is 1. The Labute approximate surface area is 218 Å². The van der Waals surface area contributed by atoms with E-state index in [0.29, 0.717) is 0 Å². The van der Waals surface area contributed by atoms with Crippen LogP contribution in [0.2, 0.25) is 0 Å². The molecule has 3 N–H and O–H groups in total. The summed E-state index contributed by atoms with van der Waals surface area (Å²) in [6.07, 6.45) is 1.17. The largest absolute Gasteiger partial charge is 0.507 e. The summed E-state index contributed by atoms with van der Waals surface area (Å²) in [6, 6.07) is 19.9. The van der Waals surface area contributed by atoms with Crippen LogP contribution in [0.5, 0.6) is 17.2 Å². The van der Waals surface area contributed by atoms with Crippen molar-refractivity contribution in [2.24, 2.45) is 0 Å². The number of Topliss-reactive ketones (excluding diaryl/α,β-unsaturated/α-hetero) is 2. The van der Waals surface area contributed by atoms with Gasteiger partial charge in [0.1, 0.15) is 46.2 Å². The number of allylic oxidation sites excluding steroid dienone is 3. The van der Waals surface area contributed by atoms with Crippen LogP contribution in [0.4, 0.5) is 0 Å². The number of hydrogen-bond acceptors (Lipinski definition) is 7. The van der Waals surface area contributed by atoms with Crippen LogP contribution in [-0.4, -0.2) is 27.7 Å². The minimum absolute atomic E-state index is 0.00683. The highest BCUT2D eigenvalue weighted by Gasteiger charge is 2.55. The Kier molecular flexibility index (Phi) is 6.24. The molecule has 0 fully saturated rings. The number of benzene rings is 3. The van der Waals surface area contributed by atoms with Gasteiger partial charge < -0.3 is 25.0 Å². The summed E-state index contributed by atoms with van der Waals surface area (Å²) >= 11 is 0. The number of aliphatic hydroxyl groups is 1. The smallest absolute Gasteiger partial charge is 0.259 e. The van der Waals surface area contributed by atoms with Crippen molar-refractivity contribution in [1.29, 1.82) is 0 Å². The molecule has 1 aliphatic heterocycles. The molecule has 0 saturated carbocycles. The number of aromatic hydroxyl groups is 1. The van der Waals surface area contributed by atoms with Crippen molar-refractivity contribution in [3.05, 3.63) is 112 Å². The van der Waals surface area contributed by atoms with E-state index in [2.05, 4.69) is 5.32 Å². The van der Waals surface area contributed by atoms with E-state index in [1.165, 1.54) is 26.0 Å². The highest BCUT2D eigenvalue weighted by Crippen LogP contribution is 2.56. The van der Waals surface area contributed by atoms with Crippen LogP contribution in [-0.2, 0) is 28.2 Å². The SMILES string of the molecule is CC(=O)C1=C(O)C=C2Oc3c(C(=O)NCc4ccccc4)c(OCc4ccccc4)cc(O)c3[C@]2(C)C1=O. The molecule has 3 aromatic carbocycles. The van der Waals surface area contributed by atoms with Crippen molar-refractivity contribution in [2.45, 2.75) is 32.4 Å². The maximum absolute atomic E-state index is 13.6. The van der Waals surface area contributed by atoms with Crippen LogP contribution in [0.3, 0.4) is 0 Å². The maximum Gasteiger partial charge on any atom is 0.259 e. The summed E-state index contributed by atoms with van der Waals surface area (Å²) in [6.45, 7) is 2.97. The van der Waals surface area contributed by atoms with Crippen LogP contribution in [0, 0.1) is 0 Å². The number of fused-ring (bicyclic) bond motifs is 3. The molecule has 8 nitrogen and oxygen atoms in total. The molecule has 1 aliphatic carbocycles. The number of hydrogen-bond donors (Lipinski definition) is 3. The lowest BCUT2D eigenvalue weighted by atomic mass is 9.71. The molecule has 0 unspecified atom stereocenters. The summed E-state index contributed by atoms with van der Waals surface area (Å²) in [5.41, 5.74) is -0.314. The highest BCUT2D eigenvalue weighted by molar-refractivity contribution is 6.25. The topological polar surface area (TPSA) is 122 Å². The predicted octanol–water partition coefficient (Wildman–Crippen LogP) is 4.42. The second-order valence-corrected chi connectivity index (χ2v) is 9.30. The minimum atomic E-state index is -1.63. The number of ether oxygens (including phenoxy) is 2. The number of carbonyl (C=O) groups excluding carboxylic acids is 3. The van der Waals surface area contributed by atoms with Gasteiger partial charge in [0.15, 0.2) is 17.3 Å². The van der Waals surface area contributed by atoms with E-state index in [1.807, 2.05) is 60.7 Å². The van der Waals surface area contributed by atoms with Gasteiger partial charge in [-0.05, 0) is 25.0 Å². The van der Waals surface area contributed by atoms with E-state index in [9.17, 15) is 24.6 Å². The first kappa shape index (κ1) is 24.8. The summed E-state index contributed by atoms with van der Waals surface area (Å²) in [4.78, 5) is 39.2. The molecular weight excluding hydrogens is 486 g/mol. The number of carbonyl (C=O) groups is 3. The fourth-order valence-electron chi connectivity index (χ4n) is 4.78. The lowest BCUT2D eigenvalue weighted by Crippen LogP contribution is -2.38. The van der Waals surface area contributed by atoms with E-state index >= 15 is 0 Å². The van der Waals surface area contributed by atoms with Crippen molar-refractivity contribution in [3.8, 4) is 17.2 Å². The molecule has 0 saturated heterocycles. The molecule has 0 bridgehead atoms. The summed E-state index contributed by atoms with van der Waals surface area (Å²) < 4.78 is 12.0. The normalized spacial score (nSPS) is 17.7. The Morgan fingerprint density at radius 2 is 1.63 bits per heavy atom. The van der Waals surface area contributed by atoms with Crippen molar-refractivity contribution in [1.82, 2.24) is 5.32 Å². The van der Waals surface area contributed by atoms with Gasteiger partial charge in [-0.3, -0.25) is 14.4 Å². The molecule has 1 amide bonds. The molecule has 0 radical (unpaired) electrons. The average Bonchev–Trinajstić information content (AvgIpc) is 3.20. The van der Waals surface area contributed by atoms with E-state index in [1.54, 1.807) is 0 Å². The van der Waals surface area contributed by atoms with Gasteiger partial charge in [-0.25, -0.2) is 0 Å². The first-order valence-electron chi connectivity index (χ1n) is 12.0. The monoisotopic (exact) mass is 511 g/mol. The van der Waals surface area contributed by atoms with Crippen molar-refractivity contribution in [2.75, 3.05) is 0 Å². The molecule has 3 aromatic rings. The quantitative estimate of drug-likeness (QED) is 0.402. The Balaban J connectivity index is 1.60. The number of rotatable bonds is 7. The van der Waals surface area contributed by atoms with Gasteiger partial charge in [0.2, 0.25) is 0 Å². The summed E-state index contributed by atoms with van der Waals surface area (Å²) in [5, 5.41) is 24.3. The number of amides is 1. The Morgan fingerprint density at radius 3 is 2.26 bits per heavy atom. The first-order valence-corrected chi connectivity index (χ1v) is 12.0. The van der Waals surface area contributed by atoms with Gasteiger partial charge >= 0.3 is 0 Å². The second kappa shape index (κ2) is 9.55. The molecule has 5 rings (SSSR count). The third-order valence-electron chi connectivity index (χ3n) is 6.75. The van der Waals surface area contributed by atoms with Gasteiger partial charge in [-0.15, -0.1) is 0 Å². The maximum atomic E-state index is 13.6. The van der Waals surface area contributed by atoms with E-state index in [4.69, 9.17) is 9.47 Å². The molecular formula is C30H25NO7. The van der Waals surface area contributed by atoms with E-state index < -0.39 is 34.2 Å². The second-order valence-electron chi connectivity index (χ2n) is 9.30. The van der Waals surface area contributed by atoms with Crippen molar-refractivity contribution in [3.63, 3.8) is 0 Å². The zero-order valence-electron chi connectivity index (χ0n) is 20.8. The minimum Gasteiger partial charge on any atom is -0.507 e. The van der Waals surface area contributed by atoms with Gasteiger partial charge in [0.05, 0.1) is 5.56 Å². The van der Waals surface area contributed by atoms with Crippen LogP contribution in [0.25, 0.3) is 0 Å². The van der Waals surface area contributed by atoms with Crippen LogP contribution >= 0.6 is 0 Å². The number of phenols is 1. The van der Waals surface area contributed by atoms with E-state index in [-0.39, 0.29) is 47.3 Å². The molecule has 8 heteroatoms. The molecule has 0 spiro atoms. The van der Waals surface area contributed by atoms with Crippen LogP contribution < -0.4 is 14.8 Å². The van der Waals surface area contributed by atoms with Crippen molar-refractivity contribution >= 4 is 17.5 Å². The lowest BCUT2D eigenvalue weighted by Gasteiger charge is -2.27. The standard InChI is InChI=1S/C30H25NO7/c1-17(32)24-20(33)14-23-30(2,28(24)35)26-21(34)13-22(37-16-19-11-7-4-8-12-19)25(27(26)38-23)29(36)31-15-18-9-5-3-6-10-18/h3-14,33-34H,15-16H2,1-2H3,(H,31,36)/t30-/m1/s1. The van der Waals surface area contributed by atoms with Gasteiger partial charge in [-0.2, -0.15) is 0 Å². The summed E-state index contributed by atoms with van der Waals surface area (Å²) in [7, 11) is 0. The van der Waals surface area contributed by atoms with E-state index in [0.717, 1.165) is 11.1 Å². The third kappa shape index (κ3) is 4.10. The molecule has 2 aliphatic rings.